The lowest BCUT2D eigenvalue weighted by molar-refractivity contribution is -0.112. The monoisotopic (exact) mass is 364 g/mol. The lowest BCUT2D eigenvalue weighted by Crippen LogP contribution is -2.42. The zero-order chi connectivity index (χ0) is 18.2. The van der Waals surface area contributed by atoms with E-state index in [1.54, 1.807) is 0 Å². The topological polar surface area (TPSA) is 54.0 Å². The van der Waals surface area contributed by atoms with Gasteiger partial charge in [0.05, 0.1) is 12.7 Å². The fraction of sp³-hybridized carbons (Fsp3) is 0.632. The second-order valence-electron chi connectivity index (χ2n) is 8.40. The highest BCUT2D eigenvalue weighted by molar-refractivity contribution is 6.74. The van der Waals surface area contributed by atoms with Gasteiger partial charge in [-0.3, -0.25) is 0 Å². The number of carbonyl (C=O) groups is 1. The fourth-order valence-corrected chi connectivity index (χ4v) is 4.03. The molecule has 0 saturated carbocycles. The van der Waals surface area contributed by atoms with E-state index in [9.17, 15) is 4.79 Å². The summed E-state index contributed by atoms with van der Waals surface area (Å²) in [7, 11) is -1.88. The Bertz CT molecular complexity index is 637. The number of carbonyl (C=O) groups excluding carboxylic acids is 1. The zero-order valence-electron chi connectivity index (χ0n) is 15.7. The summed E-state index contributed by atoms with van der Waals surface area (Å²) in [6.45, 7) is 12.3. The van der Waals surface area contributed by atoms with Crippen molar-refractivity contribution in [2.24, 2.45) is 11.8 Å². The number of hydrogen-bond acceptors (Lipinski definition) is 5. The van der Waals surface area contributed by atoms with Gasteiger partial charge in [-0.25, -0.2) is 0 Å². The first-order valence-corrected chi connectivity index (χ1v) is 11.7. The van der Waals surface area contributed by atoms with Gasteiger partial charge in [-0.05, 0) is 35.8 Å². The lowest BCUT2D eigenvalue weighted by Gasteiger charge is -2.37. The molecule has 0 amide bonds. The van der Waals surface area contributed by atoms with E-state index in [2.05, 4.69) is 33.9 Å². The van der Waals surface area contributed by atoms with Crippen LogP contribution >= 0.6 is 0 Å². The smallest absolute Gasteiger partial charge is 0.231 e. The number of ether oxygens (including phenoxy) is 3. The normalized spacial score (nSPS) is 26.0. The van der Waals surface area contributed by atoms with Crippen LogP contribution in [0.5, 0.6) is 11.5 Å². The Balaban J connectivity index is 1.78. The third-order valence-corrected chi connectivity index (χ3v) is 10.3. The van der Waals surface area contributed by atoms with Crippen molar-refractivity contribution in [2.45, 2.75) is 45.0 Å². The van der Waals surface area contributed by atoms with Crippen LogP contribution in [0.3, 0.4) is 0 Å². The van der Waals surface area contributed by atoms with Gasteiger partial charge in [-0.15, -0.1) is 0 Å². The highest BCUT2D eigenvalue weighted by Crippen LogP contribution is 2.43. The van der Waals surface area contributed by atoms with Crippen LogP contribution in [0.15, 0.2) is 18.2 Å². The molecular weight excluding hydrogens is 336 g/mol. The number of rotatable bonds is 5. The van der Waals surface area contributed by atoms with Crippen molar-refractivity contribution in [3.8, 4) is 11.5 Å². The van der Waals surface area contributed by atoms with Gasteiger partial charge in [-0.1, -0.05) is 26.8 Å². The molecule has 0 N–H and O–H groups in total. The predicted molar refractivity (Wildman–Crippen MR) is 97.5 cm³/mol. The van der Waals surface area contributed by atoms with Crippen molar-refractivity contribution in [3.05, 3.63) is 23.8 Å². The lowest BCUT2D eigenvalue weighted by atomic mass is 9.89. The van der Waals surface area contributed by atoms with Crippen LogP contribution in [0.2, 0.25) is 18.1 Å². The van der Waals surface area contributed by atoms with Crippen molar-refractivity contribution >= 4 is 14.6 Å². The summed E-state index contributed by atoms with van der Waals surface area (Å²) in [6, 6.07) is 5.85. The van der Waals surface area contributed by atoms with Gasteiger partial charge in [0.25, 0.3) is 0 Å². The van der Waals surface area contributed by atoms with Crippen molar-refractivity contribution in [1.82, 2.24) is 0 Å². The minimum Gasteiger partial charge on any atom is -0.454 e. The number of aldehydes is 1. The van der Waals surface area contributed by atoms with Crippen LogP contribution in [0.25, 0.3) is 0 Å². The van der Waals surface area contributed by atoms with Crippen LogP contribution in [0.4, 0.5) is 0 Å². The second kappa shape index (κ2) is 6.74. The minimum absolute atomic E-state index is 0.0204. The Hall–Kier alpha value is -1.37. The Kier molecular flexibility index (Phi) is 4.97. The molecule has 1 aromatic carbocycles. The van der Waals surface area contributed by atoms with E-state index in [0.717, 1.165) is 23.3 Å². The maximum Gasteiger partial charge on any atom is 0.231 e. The van der Waals surface area contributed by atoms with E-state index >= 15 is 0 Å². The number of fused-ring (bicyclic) bond motifs is 1. The first-order valence-electron chi connectivity index (χ1n) is 8.83. The maximum absolute atomic E-state index is 11.5. The fourth-order valence-electron chi connectivity index (χ4n) is 2.99. The van der Waals surface area contributed by atoms with Gasteiger partial charge in [0.1, 0.15) is 6.29 Å². The summed E-state index contributed by atoms with van der Waals surface area (Å²) in [6.07, 6.45) is 0.849. The molecule has 5 nitrogen and oxygen atoms in total. The molecule has 2 heterocycles. The summed E-state index contributed by atoms with van der Waals surface area (Å²) < 4.78 is 23.2. The van der Waals surface area contributed by atoms with E-state index in [1.807, 2.05) is 18.2 Å². The van der Waals surface area contributed by atoms with E-state index in [-0.39, 0.29) is 29.8 Å². The second-order valence-corrected chi connectivity index (χ2v) is 13.2. The molecule has 25 heavy (non-hydrogen) atoms. The zero-order valence-corrected chi connectivity index (χ0v) is 16.7. The first-order chi connectivity index (χ1) is 11.7. The standard InChI is InChI=1S/C19H28O5Si/c1-19(2,3)25(4,5)24-11-15-14(9-20)10-21-18(15)13-6-7-16-17(8-13)23-12-22-16/h6-9,14-15,18H,10-12H2,1-5H3/t14-,15+,18-/m1/s1. The average molecular weight is 365 g/mol. The van der Waals surface area contributed by atoms with Crippen LogP contribution in [0, 0.1) is 11.8 Å². The molecule has 2 aliphatic heterocycles. The number of benzene rings is 1. The van der Waals surface area contributed by atoms with Crippen molar-refractivity contribution < 1.29 is 23.4 Å². The van der Waals surface area contributed by atoms with E-state index in [4.69, 9.17) is 18.6 Å². The third-order valence-electron chi connectivity index (χ3n) is 5.75. The Morgan fingerprint density at radius 1 is 1.24 bits per heavy atom. The van der Waals surface area contributed by atoms with Crippen molar-refractivity contribution in [3.63, 3.8) is 0 Å². The van der Waals surface area contributed by atoms with Gasteiger partial charge >= 0.3 is 0 Å². The summed E-state index contributed by atoms with van der Waals surface area (Å²) in [5, 5.41) is 0.136. The molecule has 6 heteroatoms. The van der Waals surface area contributed by atoms with E-state index < -0.39 is 8.32 Å². The minimum atomic E-state index is -1.88. The van der Waals surface area contributed by atoms with Gasteiger partial charge in [-0.2, -0.15) is 0 Å². The quantitative estimate of drug-likeness (QED) is 0.585. The SMILES string of the molecule is CC(C)(C)[Si](C)(C)OC[C@H]1[C@H](C=O)CO[C@@H]1c1ccc2c(c1)OCO2. The average Bonchev–Trinajstić information content (AvgIpc) is 3.17. The molecule has 0 bridgehead atoms. The molecule has 0 unspecified atom stereocenters. The number of hydrogen-bond donors (Lipinski definition) is 0. The first kappa shape index (κ1) is 18.4. The Labute approximate surface area is 150 Å². The molecule has 0 aromatic heterocycles. The predicted octanol–water partition coefficient (Wildman–Crippen LogP) is 3.94. The molecule has 0 aliphatic carbocycles. The molecule has 1 fully saturated rings. The highest BCUT2D eigenvalue weighted by Gasteiger charge is 2.42. The molecule has 138 valence electrons. The molecule has 3 atom stereocenters. The highest BCUT2D eigenvalue weighted by atomic mass is 28.4. The van der Waals surface area contributed by atoms with Crippen LogP contribution in [-0.4, -0.2) is 34.6 Å². The summed E-state index contributed by atoms with van der Waals surface area (Å²) in [5.74, 6) is 1.37. The van der Waals surface area contributed by atoms with E-state index in [1.165, 1.54) is 0 Å². The van der Waals surface area contributed by atoms with Crippen molar-refractivity contribution in [2.75, 3.05) is 20.0 Å². The summed E-state index contributed by atoms with van der Waals surface area (Å²) in [5.41, 5.74) is 1.01. The van der Waals surface area contributed by atoms with Gasteiger partial charge in [0.2, 0.25) is 6.79 Å². The Morgan fingerprint density at radius 2 is 1.96 bits per heavy atom. The Morgan fingerprint density at radius 3 is 2.64 bits per heavy atom. The van der Waals surface area contributed by atoms with Crippen LogP contribution in [-0.2, 0) is 14.0 Å². The molecule has 1 aromatic rings. The van der Waals surface area contributed by atoms with Crippen LogP contribution in [0.1, 0.15) is 32.4 Å². The largest absolute Gasteiger partial charge is 0.454 e. The van der Waals surface area contributed by atoms with Crippen molar-refractivity contribution in [1.29, 1.82) is 0 Å². The van der Waals surface area contributed by atoms with Gasteiger partial charge in [0, 0.05) is 18.4 Å². The van der Waals surface area contributed by atoms with E-state index in [0.29, 0.717) is 13.2 Å². The molecule has 2 aliphatic rings. The molecular formula is C19H28O5Si. The maximum atomic E-state index is 11.5. The summed E-state index contributed by atoms with van der Waals surface area (Å²) >= 11 is 0. The van der Waals surface area contributed by atoms with Gasteiger partial charge < -0.3 is 23.4 Å². The summed E-state index contributed by atoms with van der Waals surface area (Å²) in [4.78, 5) is 11.5. The third kappa shape index (κ3) is 3.61. The molecule has 0 spiro atoms. The molecule has 1 saturated heterocycles. The molecule has 0 radical (unpaired) electrons. The van der Waals surface area contributed by atoms with Crippen LogP contribution < -0.4 is 9.47 Å². The molecule has 3 rings (SSSR count). The van der Waals surface area contributed by atoms with Gasteiger partial charge in [0.15, 0.2) is 19.8 Å².